The van der Waals surface area contributed by atoms with Crippen LogP contribution in [0.1, 0.15) is 10.4 Å². The van der Waals surface area contributed by atoms with Gasteiger partial charge in [0.05, 0.1) is 16.1 Å². The second-order valence-corrected chi connectivity index (χ2v) is 8.09. The maximum Gasteiger partial charge on any atom is 0.261 e. The van der Waals surface area contributed by atoms with Crippen LogP contribution in [-0.2, 0) is 10.0 Å². The Labute approximate surface area is 165 Å². The first-order valence-electron chi connectivity index (χ1n) is 8.03. The molecular formula is C19H12ClFN2O4S. The van der Waals surface area contributed by atoms with E-state index in [9.17, 15) is 17.6 Å². The van der Waals surface area contributed by atoms with Crippen LogP contribution in [0, 0.1) is 5.82 Å². The Kier molecular flexibility index (Phi) is 4.44. The Hall–Kier alpha value is -3.10. The zero-order chi connectivity index (χ0) is 19.9. The summed E-state index contributed by atoms with van der Waals surface area (Å²) in [5.74, 6) is -0.337. The smallest absolute Gasteiger partial charge is 0.261 e. The number of hydrogen-bond acceptors (Lipinski definition) is 4. The number of benzene rings is 3. The van der Waals surface area contributed by atoms with E-state index in [4.69, 9.17) is 16.3 Å². The van der Waals surface area contributed by atoms with Crippen LogP contribution in [0.15, 0.2) is 65.6 Å². The third kappa shape index (κ3) is 3.51. The predicted octanol–water partition coefficient (Wildman–Crippen LogP) is 4.64. The second kappa shape index (κ2) is 6.81. The van der Waals surface area contributed by atoms with Crippen molar-refractivity contribution in [3.05, 3.63) is 77.1 Å². The van der Waals surface area contributed by atoms with E-state index in [1.165, 1.54) is 18.2 Å². The van der Waals surface area contributed by atoms with Gasteiger partial charge in [0.25, 0.3) is 15.9 Å². The predicted molar refractivity (Wildman–Crippen MR) is 103 cm³/mol. The number of fused-ring (bicyclic) bond motifs is 2. The van der Waals surface area contributed by atoms with Gasteiger partial charge in [-0.1, -0.05) is 11.6 Å². The minimum atomic E-state index is -3.95. The molecule has 3 aromatic rings. The number of nitrogens with one attached hydrogen (secondary N) is 2. The minimum absolute atomic E-state index is 0.105. The lowest BCUT2D eigenvalue weighted by molar-refractivity contribution is 0.102. The first kappa shape index (κ1) is 18.3. The van der Waals surface area contributed by atoms with Crippen molar-refractivity contribution < 1.29 is 22.3 Å². The van der Waals surface area contributed by atoms with Crippen LogP contribution in [0.5, 0.6) is 11.5 Å². The lowest BCUT2D eigenvalue weighted by atomic mass is 10.1. The molecule has 0 radical (unpaired) electrons. The zero-order valence-electron chi connectivity index (χ0n) is 14.1. The Balaban J connectivity index is 1.66. The number of ether oxygens (including phenoxy) is 1. The highest BCUT2D eigenvalue weighted by Crippen LogP contribution is 2.38. The topological polar surface area (TPSA) is 84.5 Å². The number of anilines is 2. The van der Waals surface area contributed by atoms with Gasteiger partial charge < -0.3 is 10.1 Å². The molecule has 6 nitrogen and oxygen atoms in total. The van der Waals surface area contributed by atoms with Crippen molar-refractivity contribution in [2.45, 2.75) is 4.90 Å². The average molecular weight is 419 g/mol. The highest BCUT2D eigenvalue weighted by molar-refractivity contribution is 7.92. The van der Waals surface area contributed by atoms with E-state index in [1.807, 2.05) is 0 Å². The summed E-state index contributed by atoms with van der Waals surface area (Å²) >= 11 is 5.95. The number of amides is 1. The Morgan fingerprint density at radius 1 is 0.964 bits per heavy atom. The van der Waals surface area contributed by atoms with Gasteiger partial charge in [0.2, 0.25) is 0 Å². The van der Waals surface area contributed by atoms with Gasteiger partial charge >= 0.3 is 0 Å². The van der Waals surface area contributed by atoms with Crippen LogP contribution in [0.2, 0.25) is 5.02 Å². The van der Waals surface area contributed by atoms with E-state index < -0.39 is 21.7 Å². The summed E-state index contributed by atoms with van der Waals surface area (Å²) in [4.78, 5) is 12.4. The van der Waals surface area contributed by atoms with Gasteiger partial charge in [-0.2, -0.15) is 0 Å². The van der Waals surface area contributed by atoms with Gasteiger partial charge in [-0.15, -0.1) is 0 Å². The molecule has 0 unspecified atom stereocenters. The van der Waals surface area contributed by atoms with E-state index in [2.05, 4.69) is 10.0 Å². The molecule has 0 aromatic heterocycles. The van der Waals surface area contributed by atoms with E-state index >= 15 is 0 Å². The molecule has 0 bridgehead atoms. The minimum Gasteiger partial charge on any atom is -0.454 e. The van der Waals surface area contributed by atoms with Crippen LogP contribution in [0.25, 0.3) is 0 Å². The van der Waals surface area contributed by atoms with E-state index in [1.54, 1.807) is 18.2 Å². The van der Waals surface area contributed by atoms with E-state index in [0.29, 0.717) is 16.5 Å². The molecule has 0 saturated carbocycles. The number of carbonyl (C=O) groups is 1. The summed E-state index contributed by atoms with van der Waals surface area (Å²) in [7, 11) is -3.95. The maximum absolute atomic E-state index is 13.0. The first-order valence-corrected chi connectivity index (χ1v) is 9.89. The molecule has 28 heavy (non-hydrogen) atoms. The van der Waals surface area contributed by atoms with Crippen LogP contribution in [0.4, 0.5) is 15.8 Å². The number of rotatable bonds is 3. The Bertz CT molecular complexity index is 1200. The van der Waals surface area contributed by atoms with Crippen LogP contribution in [0.3, 0.4) is 0 Å². The third-order valence-corrected chi connectivity index (χ3v) is 5.64. The summed E-state index contributed by atoms with van der Waals surface area (Å²) in [6.07, 6.45) is 0. The van der Waals surface area contributed by atoms with Crippen molar-refractivity contribution in [3.8, 4) is 11.5 Å². The standard InChI is InChI=1S/C19H12ClFN2O4S/c20-11-1-7-18-16(9-11)22-19(24)15-10-13(4-8-17(15)27-18)23-28(25,26)14-5-2-12(21)3-6-14/h1-10,23H,(H,22,24). The molecular weight excluding hydrogens is 407 g/mol. The zero-order valence-corrected chi connectivity index (χ0v) is 15.6. The van der Waals surface area contributed by atoms with E-state index in [-0.39, 0.29) is 21.9 Å². The molecule has 0 atom stereocenters. The third-order valence-electron chi connectivity index (χ3n) is 4.01. The van der Waals surface area contributed by atoms with Crippen molar-refractivity contribution in [2.24, 2.45) is 0 Å². The molecule has 1 amide bonds. The Morgan fingerprint density at radius 3 is 2.43 bits per heavy atom. The monoisotopic (exact) mass is 418 g/mol. The molecule has 0 aliphatic carbocycles. The molecule has 2 N–H and O–H groups in total. The molecule has 1 aliphatic rings. The van der Waals surface area contributed by atoms with Crippen LogP contribution < -0.4 is 14.8 Å². The highest BCUT2D eigenvalue weighted by atomic mass is 35.5. The first-order chi connectivity index (χ1) is 13.3. The summed E-state index contributed by atoms with van der Waals surface area (Å²) in [5, 5.41) is 3.11. The van der Waals surface area contributed by atoms with Crippen molar-refractivity contribution in [1.82, 2.24) is 0 Å². The Morgan fingerprint density at radius 2 is 1.68 bits per heavy atom. The fraction of sp³-hybridized carbons (Fsp3) is 0. The van der Waals surface area contributed by atoms with Crippen molar-refractivity contribution in [2.75, 3.05) is 10.0 Å². The van der Waals surface area contributed by atoms with Crippen molar-refractivity contribution in [3.63, 3.8) is 0 Å². The highest BCUT2D eigenvalue weighted by Gasteiger charge is 2.23. The van der Waals surface area contributed by atoms with Crippen LogP contribution >= 0.6 is 11.6 Å². The largest absolute Gasteiger partial charge is 0.454 e. The molecule has 9 heteroatoms. The number of sulfonamides is 1. The molecule has 4 rings (SSSR count). The van der Waals surface area contributed by atoms with Gasteiger partial charge in [-0.3, -0.25) is 9.52 Å². The van der Waals surface area contributed by atoms with Crippen molar-refractivity contribution in [1.29, 1.82) is 0 Å². The summed E-state index contributed by atoms with van der Waals surface area (Å²) in [5.41, 5.74) is 0.708. The fourth-order valence-corrected chi connectivity index (χ4v) is 3.91. The second-order valence-electron chi connectivity index (χ2n) is 5.97. The van der Waals surface area contributed by atoms with Crippen LogP contribution in [-0.4, -0.2) is 14.3 Å². The molecule has 0 spiro atoms. The average Bonchev–Trinajstić information content (AvgIpc) is 2.77. The SMILES string of the molecule is O=C1Nc2cc(Cl)ccc2Oc2ccc(NS(=O)(=O)c3ccc(F)cc3)cc21. The lowest BCUT2D eigenvalue weighted by Gasteiger charge is -2.11. The molecule has 0 fully saturated rings. The summed E-state index contributed by atoms with van der Waals surface area (Å²) < 4.78 is 46.1. The summed E-state index contributed by atoms with van der Waals surface area (Å²) in [6, 6.07) is 13.5. The van der Waals surface area contributed by atoms with Gasteiger partial charge in [0.15, 0.2) is 5.75 Å². The van der Waals surface area contributed by atoms with Crippen molar-refractivity contribution >= 4 is 38.9 Å². The number of carbonyl (C=O) groups excluding carboxylic acids is 1. The quantitative estimate of drug-likeness (QED) is 0.649. The number of halogens is 2. The van der Waals surface area contributed by atoms with E-state index in [0.717, 1.165) is 24.3 Å². The lowest BCUT2D eigenvalue weighted by Crippen LogP contribution is -2.14. The normalized spacial score (nSPS) is 12.9. The fourth-order valence-electron chi connectivity index (χ4n) is 2.68. The molecule has 142 valence electrons. The number of hydrogen-bond donors (Lipinski definition) is 2. The summed E-state index contributed by atoms with van der Waals surface area (Å²) in [6.45, 7) is 0. The molecule has 1 heterocycles. The van der Waals surface area contributed by atoms with Gasteiger partial charge in [0.1, 0.15) is 11.6 Å². The maximum atomic E-state index is 13.0. The van der Waals surface area contributed by atoms with Gasteiger partial charge in [-0.05, 0) is 60.7 Å². The molecule has 0 saturated heterocycles. The molecule has 1 aliphatic heterocycles. The molecule has 3 aromatic carbocycles. The van der Waals surface area contributed by atoms with Gasteiger partial charge in [-0.25, -0.2) is 12.8 Å². The van der Waals surface area contributed by atoms with Gasteiger partial charge in [0, 0.05) is 10.7 Å².